The van der Waals surface area contributed by atoms with E-state index in [9.17, 15) is 4.79 Å². The van der Waals surface area contributed by atoms with Gasteiger partial charge in [0.25, 0.3) is 0 Å². The van der Waals surface area contributed by atoms with Crippen LogP contribution in [0.3, 0.4) is 0 Å². The number of rotatable bonds is 9. The topological polar surface area (TPSA) is 52.5 Å². The SMILES string of the molecule is C=CCOC[C@H](Cc1cn(Cc2ccccc2)c2ccccc12)NC(=O)OC(C)(C)C. The van der Waals surface area contributed by atoms with E-state index in [1.165, 1.54) is 16.5 Å². The van der Waals surface area contributed by atoms with Crippen LogP contribution in [-0.4, -0.2) is 35.5 Å². The predicted octanol–water partition coefficient (Wildman–Crippen LogP) is 5.33. The Labute approximate surface area is 184 Å². The Morgan fingerprint density at radius 2 is 1.84 bits per heavy atom. The molecule has 164 valence electrons. The third kappa shape index (κ3) is 6.72. The molecule has 1 N–H and O–H groups in total. The molecule has 5 nitrogen and oxygen atoms in total. The van der Waals surface area contributed by atoms with Crippen molar-refractivity contribution < 1.29 is 14.3 Å². The fraction of sp³-hybridized carbons (Fsp3) is 0.346. The minimum atomic E-state index is -0.553. The molecule has 1 amide bonds. The van der Waals surface area contributed by atoms with Crippen LogP contribution in [0.25, 0.3) is 10.9 Å². The van der Waals surface area contributed by atoms with Gasteiger partial charge in [-0.25, -0.2) is 4.79 Å². The minimum absolute atomic E-state index is 0.217. The molecule has 0 saturated carbocycles. The summed E-state index contributed by atoms with van der Waals surface area (Å²) in [4.78, 5) is 12.4. The molecule has 0 aliphatic heterocycles. The van der Waals surface area contributed by atoms with E-state index in [0.29, 0.717) is 19.6 Å². The zero-order chi connectivity index (χ0) is 22.3. The Morgan fingerprint density at radius 1 is 1.13 bits per heavy atom. The van der Waals surface area contributed by atoms with Crippen LogP contribution in [0, 0.1) is 0 Å². The lowest BCUT2D eigenvalue weighted by molar-refractivity contribution is 0.0457. The highest BCUT2D eigenvalue weighted by Crippen LogP contribution is 2.24. The van der Waals surface area contributed by atoms with Gasteiger partial charge in [-0.15, -0.1) is 6.58 Å². The molecular formula is C26H32N2O3. The summed E-state index contributed by atoms with van der Waals surface area (Å²) in [5.41, 5.74) is 3.02. The number of fused-ring (bicyclic) bond motifs is 1. The number of hydrogen-bond donors (Lipinski definition) is 1. The molecule has 3 aromatic rings. The van der Waals surface area contributed by atoms with E-state index >= 15 is 0 Å². The lowest BCUT2D eigenvalue weighted by atomic mass is 10.1. The smallest absolute Gasteiger partial charge is 0.407 e. The monoisotopic (exact) mass is 420 g/mol. The van der Waals surface area contributed by atoms with Gasteiger partial charge >= 0.3 is 6.09 Å². The van der Waals surface area contributed by atoms with Gasteiger partial charge in [-0.1, -0.05) is 54.6 Å². The third-order valence-corrected chi connectivity index (χ3v) is 4.81. The maximum atomic E-state index is 12.4. The molecule has 5 heteroatoms. The number of alkyl carbamates (subject to hydrolysis) is 1. The van der Waals surface area contributed by atoms with Crippen molar-refractivity contribution in [3.63, 3.8) is 0 Å². The van der Waals surface area contributed by atoms with Crippen molar-refractivity contribution in [1.82, 2.24) is 9.88 Å². The van der Waals surface area contributed by atoms with Gasteiger partial charge < -0.3 is 19.4 Å². The number of ether oxygens (including phenoxy) is 2. The second kappa shape index (κ2) is 10.3. The van der Waals surface area contributed by atoms with Crippen molar-refractivity contribution in [1.29, 1.82) is 0 Å². The van der Waals surface area contributed by atoms with Crippen molar-refractivity contribution in [2.24, 2.45) is 0 Å². The van der Waals surface area contributed by atoms with Gasteiger partial charge in [-0.2, -0.15) is 0 Å². The maximum absolute atomic E-state index is 12.4. The normalized spacial score (nSPS) is 12.5. The fourth-order valence-electron chi connectivity index (χ4n) is 3.58. The van der Waals surface area contributed by atoms with E-state index in [-0.39, 0.29) is 6.04 Å². The number of carbonyl (C=O) groups is 1. The van der Waals surface area contributed by atoms with Gasteiger partial charge in [0.1, 0.15) is 5.60 Å². The van der Waals surface area contributed by atoms with Crippen LogP contribution in [-0.2, 0) is 22.4 Å². The number of para-hydroxylation sites is 1. The number of nitrogens with one attached hydrogen (secondary N) is 1. The Bertz CT molecular complexity index is 1000. The summed E-state index contributed by atoms with van der Waals surface area (Å²) in [6, 6.07) is 18.5. The van der Waals surface area contributed by atoms with Gasteiger partial charge in [0.05, 0.1) is 19.3 Å². The summed E-state index contributed by atoms with van der Waals surface area (Å²) in [6.45, 7) is 10.9. The molecule has 0 bridgehead atoms. The number of nitrogens with zero attached hydrogens (tertiary/aromatic N) is 1. The van der Waals surface area contributed by atoms with E-state index in [0.717, 1.165) is 12.1 Å². The first-order valence-corrected chi connectivity index (χ1v) is 10.6. The van der Waals surface area contributed by atoms with Crippen molar-refractivity contribution >= 4 is 17.0 Å². The molecule has 3 rings (SSSR count). The molecule has 31 heavy (non-hydrogen) atoms. The molecule has 1 aromatic heterocycles. The van der Waals surface area contributed by atoms with Crippen molar-refractivity contribution in [2.45, 2.75) is 45.4 Å². The first-order valence-electron chi connectivity index (χ1n) is 10.6. The van der Waals surface area contributed by atoms with Crippen LogP contribution in [0.1, 0.15) is 31.9 Å². The van der Waals surface area contributed by atoms with Crippen molar-refractivity contribution in [2.75, 3.05) is 13.2 Å². The van der Waals surface area contributed by atoms with Crippen LogP contribution < -0.4 is 5.32 Å². The van der Waals surface area contributed by atoms with E-state index in [4.69, 9.17) is 9.47 Å². The molecule has 0 fully saturated rings. The average molecular weight is 421 g/mol. The summed E-state index contributed by atoms with van der Waals surface area (Å²) in [5, 5.41) is 4.15. The summed E-state index contributed by atoms with van der Waals surface area (Å²) in [5.74, 6) is 0. The minimum Gasteiger partial charge on any atom is -0.444 e. The summed E-state index contributed by atoms with van der Waals surface area (Å²) in [6.07, 6.45) is 4.08. The highest BCUT2D eigenvalue weighted by molar-refractivity contribution is 5.84. The lowest BCUT2D eigenvalue weighted by Gasteiger charge is -2.23. The second-order valence-electron chi connectivity index (χ2n) is 8.66. The Balaban J connectivity index is 1.83. The van der Waals surface area contributed by atoms with Gasteiger partial charge in [-0.05, 0) is 44.4 Å². The van der Waals surface area contributed by atoms with Gasteiger partial charge in [-0.3, -0.25) is 0 Å². The zero-order valence-corrected chi connectivity index (χ0v) is 18.6. The van der Waals surface area contributed by atoms with Gasteiger partial charge in [0.2, 0.25) is 0 Å². The van der Waals surface area contributed by atoms with E-state index in [1.54, 1.807) is 6.08 Å². The largest absolute Gasteiger partial charge is 0.444 e. The van der Waals surface area contributed by atoms with Crippen LogP contribution >= 0.6 is 0 Å². The number of carbonyl (C=O) groups excluding carboxylic acids is 1. The first kappa shape index (κ1) is 22.6. The first-order chi connectivity index (χ1) is 14.9. The van der Waals surface area contributed by atoms with Crippen LogP contribution in [0.2, 0.25) is 0 Å². The molecule has 1 atom stereocenters. The highest BCUT2D eigenvalue weighted by Gasteiger charge is 2.21. The quantitative estimate of drug-likeness (QED) is 0.376. The van der Waals surface area contributed by atoms with E-state index in [2.05, 4.69) is 65.1 Å². The van der Waals surface area contributed by atoms with Gasteiger partial charge in [0.15, 0.2) is 0 Å². The highest BCUT2D eigenvalue weighted by atomic mass is 16.6. The Morgan fingerprint density at radius 3 is 2.55 bits per heavy atom. The fourth-order valence-corrected chi connectivity index (χ4v) is 3.58. The zero-order valence-electron chi connectivity index (χ0n) is 18.6. The number of benzene rings is 2. The van der Waals surface area contributed by atoms with Crippen LogP contribution in [0.5, 0.6) is 0 Å². The van der Waals surface area contributed by atoms with Crippen molar-refractivity contribution in [3.05, 3.63) is 84.6 Å². The molecule has 0 spiro atoms. The van der Waals surface area contributed by atoms with Crippen LogP contribution in [0.15, 0.2) is 73.4 Å². The molecule has 0 unspecified atom stereocenters. The molecular weight excluding hydrogens is 388 g/mol. The number of aromatic nitrogens is 1. The summed E-state index contributed by atoms with van der Waals surface area (Å²) >= 11 is 0. The van der Waals surface area contributed by atoms with E-state index < -0.39 is 11.7 Å². The summed E-state index contributed by atoms with van der Waals surface area (Å²) < 4.78 is 13.4. The van der Waals surface area contributed by atoms with Crippen molar-refractivity contribution in [3.8, 4) is 0 Å². The third-order valence-electron chi connectivity index (χ3n) is 4.81. The molecule has 0 aliphatic rings. The molecule has 0 radical (unpaired) electrons. The molecule has 0 aliphatic carbocycles. The average Bonchev–Trinajstić information content (AvgIpc) is 3.05. The predicted molar refractivity (Wildman–Crippen MR) is 125 cm³/mol. The Kier molecular flexibility index (Phi) is 7.53. The molecule has 0 saturated heterocycles. The second-order valence-corrected chi connectivity index (χ2v) is 8.66. The lowest BCUT2D eigenvalue weighted by Crippen LogP contribution is -2.42. The maximum Gasteiger partial charge on any atom is 0.407 e. The number of hydrogen-bond acceptors (Lipinski definition) is 3. The number of amides is 1. The van der Waals surface area contributed by atoms with E-state index in [1.807, 2.05) is 32.9 Å². The summed E-state index contributed by atoms with van der Waals surface area (Å²) in [7, 11) is 0. The standard InChI is InChI=1S/C26H32N2O3/c1-5-15-30-19-22(27-25(29)31-26(2,3)4)16-21-18-28(17-20-11-7-6-8-12-20)24-14-10-9-13-23(21)24/h5-14,18,22H,1,15-17,19H2,2-4H3,(H,27,29)/t22-/m0/s1. The van der Waals surface area contributed by atoms with Gasteiger partial charge in [0, 0.05) is 23.6 Å². The molecule has 1 heterocycles. The van der Waals surface area contributed by atoms with Crippen LogP contribution in [0.4, 0.5) is 4.79 Å². The molecule has 2 aromatic carbocycles. The Hall–Kier alpha value is -3.05.